The maximum Gasteiger partial charge on any atom is 0.303 e. The van der Waals surface area contributed by atoms with Gasteiger partial charge >= 0.3 is 5.97 Å². The molecule has 1 amide bonds. The standard InChI is InChI=1S/C19H21NO5/c1-14(21)25-13-19(22)20(16-7-5-4-6-8-16)12-15-9-10-17(23-2)18(11-15)24-3/h4-11H,12-13H2,1-3H3. The molecule has 0 atom stereocenters. The van der Waals surface area contributed by atoms with Gasteiger partial charge in [0.15, 0.2) is 18.1 Å². The highest BCUT2D eigenvalue weighted by Gasteiger charge is 2.18. The van der Waals surface area contributed by atoms with E-state index in [1.54, 1.807) is 25.2 Å². The number of methoxy groups -OCH3 is 2. The third kappa shape index (κ3) is 4.97. The van der Waals surface area contributed by atoms with Gasteiger partial charge in [-0.1, -0.05) is 24.3 Å². The molecule has 0 saturated heterocycles. The molecule has 0 aromatic heterocycles. The highest BCUT2D eigenvalue weighted by molar-refractivity contribution is 5.95. The lowest BCUT2D eigenvalue weighted by Gasteiger charge is -2.23. The largest absolute Gasteiger partial charge is 0.493 e. The van der Waals surface area contributed by atoms with Gasteiger partial charge in [0, 0.05) is 12.6 Å². The lowest BCUT2D eigenvalue weighted by atomic mass is 10.1. The van der Waals surface area contributed by atoms with E-state index in [4.69, 9.17) is 14.2 Å². The molecule has 0 aliphatic carbocycles. The van der Waals surface area contributed by atoms with Crippen LogP contribution >= 0.6 is 0 Å². The third-order valence-electron chi connectivity index (χ3n) is 3.56. The quantitative estimate of drug-likeness (QED) is 0.723. The average molecular weight is 343 g/mol. The van der Waals surface area contributed by atoms with E-state index in [1.165, 1.54) is 6.92 Å². The van der Waals surface area contributed by atoms with Crippen LogP contribution < -0.4 is 14.4 Å². The molecule has 2 aromatic carbocycles. The molecule has 25 heavy (non-hydrogen) atoms. The van der Waals surface area contributed by atoms with Crippen molar-refractivity contribution in [1.82, 2.24) is 0 Å². The predicted molar refractivity (Wildman–Crippen MR) is 93.8 cm³/mol. The summed E-state index contributed by atoms with van der Waals surface area (Å²) in [6.45, 7) is 1.27. The summed E-state index contributed by atoms with van der Waals surface area (Å²) >= 11 is 0. The first-order chi connectivity index (χ1) is 12.0. The number of para-hydroxylation sites is 1. The highest BCUT2D eigenvalue weighted by atomic mass is 16.5. The fraction of sp³-hybridized carbons (Fsp3) is 0.263. The smallest absolute Gasteiger partial charge is 0.303 e. The molecule has 0 aliphatic rings. The van der Waals surface area contributed by atoms with Crippen LogP contribution in [0.1, 0.15) is 12.5 Å². The Morgan fingerprint density at radius 1 is 0.960 bits per heavy atom. The van der Waals surface area contributed by atoms with Gasteiger partial charge in [-0.15, -0.1) is 0 Å². The Kier molecular flexibility index (Phi) is 6.39. The number of ether oxygens (including phenoxy) is 3. The van der Waals surface area contributed by atoms with Crippen molar-refractivity contribution < 1.29 is 23.8 Å². The molecule has 0 bridgehead atoms. The summed E-state index contributed by atoms with van der Waals surface area (Å²) in [5, 5.41) is 0. The summed E-state index contributed by atoms with van der Waals surface area (Å²) < 4.78 is 15.4. The Morgan fingerprint density at radius 3 is 2.24 bits per heavy atom. The predicted octanol–water partition coefficient (Wildman–Crippen LogP) is 2.80. The zero-order valence-electron chi connectivity index (χ0n) is 14.5. The molecule has 2 aromatic rings. The topological polar surface area (TPSA) is 65.1 Å². The zero-order chi connectivity index (χ0) is 18.2. The lowest BCUT2D eigenvalue weighted by molar-refractivity contribution is -0.145. The first-order valence-corrected chi connectivity index (χ1v) is 7.75. The summed E-state index contributed by atoms with van der Waals surface area (Å²) in [6.07, 6.45) is 0. The number of carbonyl (C=O) groups excluding carboxylic acids is 2. The SMILES string of the molecule is COc1ccc(CN(C(=O)COC(C)=O)c2ccccc2)cc1OC. The molecular weight excluding hydrogens is 322 g/mol. The van der Waals surface area contributed by atoms with Crippen molar-refractivity contribution >= 4 is 17.6 Å². The molecule has 132 valence electrons. The maximum absolute atomic E-state index is 12.5. The zero-order valence-corrected chi connectivity index (χ0v) is 14.5. The summed E-state index contributed by atoms with van der Waals surface area (Å²) in [7, 11) is 3.12. The van der Waals surface area contributed by atoms with E-state index < -0.39 is 5.97 Å². The van der Waals surface area contributed by atoms with Gasteiger partial charge in [0.25, 0.3) is 5.91 Å². The normalized spacial score (nSPS) is 10.0. The van der Waals surface area contributed by atoms with Crippen LogP contribution in [0.15, 0.2) is 48.5 Å². The third-order valence-corrected chi connectivity index (χ3v) is 3.56. The molecular formula is C19H21NO5. The minimum Gasteiger partial charge on any atom is -0.493 e. The molecule has 0 fully saturated rings. The van der Waals surface area contributed by atoms with Crippen LogP contribution in [0.4, 0.5) is 5.69 Å². The number of hydrogen-bond donors (Lipinski definition) is 0. The van der Waals surface area contributed by atoms with Gasteiger partial charge in [-0.25, -0.2) is 0 Å². The van der Waals surface area contributed by atoms with Gasteiger partial charge in [0.05, 0.1) is 20.8 Å². The molecule has 6 heteroatoms. The van der Waals surface area contributed by atoms with Gasteiger partial charge in [-0.3, -0.25) is 9.59 Å². The first kappa shape index (κ1) is 18.3. The fourth-order valence-electron chi connectivity index (χ4n) is 2.33. The van der Waals surface area contributed by atoms with Crippen molar-refractivity contribution in [2.75, 3.05) is 25.7 Å². The first-order valence-electron chi connectivity index (χ1n) is 7.75. The number of amides is 1. The van der Waals surface area contributed by atoms with Crippen molar-refractivity contribution in [1.29, 1.82) is 0 Å². The molecule has 0 heterocycles. The molecule has 2 rings (SSSR count). The Morgan fingerprint density at radius 2 is 1.64 bits per heavy atom. The monoisotopic (exact) mass is 343 g/mol. The van der Waals surface area contributed by atoms with Gasteiger partial charge < -0.3 is 19.1 Å². The second-order valence-electron chi connectivity index (χ2n) is 5.29. The van der Waals surface area contributed by atoms with Crippen molar-refractivity contribution in [2.24, 2.45) is 0 Å². The molecule has 0 N–H and O–H groups in total. The van der Waals surface area contributed by atoms with E-state index in [0.29, 0.717) is 18.0 Å². The Balaban J connectivity index is 2.27. The van der Waals surface area contributed by atoms with Crippen molar-refractivity contribution in [2.45, 2.75) is 13.5 Å². The number of rotatable bonds is 7. The number of carbonyl (C=O) groups is 2. The molecule has 0 unspecified atom stereocenters. The summed E-state index contributed by atoms with van der Waals surface area (Å²) in [5.74, 6) is 0.396. The minimum atomic E-state index is -0.493. The summed E-state index contributed by atoms with van der Waals surface area (Å²) in [6, 6.07) is 14.7. The van der Waals surface area contributed by atoms with E-state index in [0.717, 1.165) is 11.3 Å². The number of benzene rings is 2. The number of esters is 1. The van der Waals surface area contributed by atoms with E-state index in [2.05, 4.69) is 0 Å². The van der Waals surface area contributed by atoms with Crippen LogP contribution in [0.3, 0.4) is 0 Å². The number of hydrogen-bond acceptors (Lipinski definition) is 5. The van der Waals surface area contributed by atoms with Gasteiger partial charge in [-0.05, 0) is 29.8 Å². The summed E-state index contributed by atoms with van der Waals surface area (Å²) in [4.78, 5) is 25.1. The molecule has 6 nitrogen and oxygen atoms in total. The molecule has 0 saturated carbocycles. The van der Waals surface area contributed by atoms with E-state index in [9.17, 15) is 9.59 Å². The molecule has 0 spiro atoms. The van der Waals surface area contributed by atoms with Crippen LogP contribution in [0.2, 0.25) is 0 Å². The highest BCUT2D eigenvalue weighted by Crippen LogP contribution is 2.28. The lowest BCUT2D eigenvalue weighted by Crippen LogP contribution is -2.34. The molecule has 0 aliphatic heterocycles. The van der Waals surface area contributed by atoms with Crippen LogP contribution in [0.25, 0.3) is 0 Å². The van der Waals surface area contributed by atoms with Crippen molar-refractivity contribution in [3.05, 3.63) is 54.1 Å². The Hall–Kier alpha value is -3.02. The van der Waals surface area contributed by atoms with Crippen molar-refractivity contribution in [3.63, 3.8) is 0 Å². The number of anilines is 1. The average Bonchev–Trinajstić information content (AvgIpc) is 2.64. The Labute approximate surface area is 146 Å². The summed E-state index contributed by atoms with van der Waals surface area (Å²) in [5.41, 5.74) is 1.58. The molecule has 0 radical (unpaired) electrons. The van der Waals surface area contributed by atoms with Crippen LogP contribution in [-0.2, 0) is 20.9 Å². The van der Waals surface area contributed by atoms with Crippen LogP contribution in [-0.4, -0.2) is 32.7 Å². The fourth-order valence-corrected chi connectivity index (χ4v) is 2.33. The van der Waals surface area contributed by atoms with E-state index in [-0.39, 0.29) is 12.5 Å². The van der Waals surface area contributed by atoms with Crippen LogP contribution in [0, 0.1) is 0 Å². The van der Waals surface area contributed by atoms with Crippen molar-refractivity contribution in [3.8, 4) is 11.5 Å². The van der Waals surface area contributed by atoms with E-state index in [1.807, 2.05) is 42.5 Å². The van der Waals surface area contributed by atoms with Crippen LogP contribution in [0.5, 0.6) is 11.5 Å². The second kappa shape index (κ2) is 8.73. The van der Waals surface area contributed by atoms with Gasteiger partial charge in [0.1, 0.15) is 0 Å². The second-order valence-corrected chi connectivity index (χ2v) is 5.29. The number of nitrogens with zero attached hydrogens (tertiary/aromatic N) is 1. The minimum absolute atomic E-state index is 0.308. The van der Waals surface area contributed by atoms with Gasteiger partial charge in [0.2, 0.25) is 0 Å². The van der Waals surface area contributed by atoms with E-state index >= 15 is 0 Å². The van der Waals surface area contributed by atoms with Gasteiger partial charge in [-0.2, -0.15) is 0 Å². The Bertz CT molecular complexity index is 730. The maximum atomic E-state index is 12.5.